The molecular formula is C24H22F3N7O2. The number of hydrazine groups is 1. The Balaban J connectivity index is 1.57. The van der Waals surface area contributed by atoms with Gasteiger partial charge in [0.25, 0.3) is 5.91 Å². The number of alkyl halides is 3. The van der Waals surface area contributed by atoms with Crippen LogP contribution in [0.1, 0.15) is 38.6 Å². The van der Waals surface area contributed by atoms with Gasteiger partial charge in [-0.3, -0.25) is 24.3 Å². The van der Waals surface area contributed by atoms with Crippen molar-refractivity contribution in [2.75, 3.05) is 12.8 Å². The maximum atomic E-state index is 13.8. The number of nitrogen functional groups attached to an aromatic ring is 1. The highest BCUT2D eigenvalue weighted by atomic mass is 19.4. The zero-order valence-corrected chi connectivity index (χ0v) is 19.0. The van der Waals surface area contributed by atoms with Gasteiger partial charge in [-0.15, -0.1) is 0 Å². The zero-order chi connectivity index (χ0) is 28.3. The number of carbonyl (C=O) groups excluding carboxylic acids is 2. The average Bonchev–Trinajstić information content (AvgIpc) is 3.61. The van der Waals surface area contributed by atoms with E-state index in [1.165, 1.54) is 31.4 Å². The maximum Gasteiger partial charge on any atom is 0.417 e. The van der Waals surface area contributed by atoms with Crippen LogP contribution < -0.4 is 5.73 Å². The normalized spacial score (nSPS) is 15.4. The smallest absolute Gasteiger partial charge is 0.383 e. The largest absolute Gasteiger partial charge is 0.417 e. The van der Waals surface area contributed by atoms with Crippen molar-refractivity contribution < 1.29 is 26.9 Å². The molecule has 12 heteroatoms. The van der Waals surface area contributed by atoms with E-state index in [2.05, 4.69) is 15.1 Å². The minimum atomic E-state index is -4.57. The van der Waals surface area contributed by atoms with E-state index >= 15 is 0 Å². The van der Waals surface area contributed by atoms with Crippen LogP contribution in [0.25, 0.3) is 21.8 Å². The van der Waals surface area contributed by atoms with Crippen molar-refractivity contribution >= 4 is 39.4 Å². The Kier molecular flexibility index (Phi) is 4.71. The summed E-state index contributed by atoms with van der Waals surface area (Å²) < 4.78 is 63.3. The van der Waals surface area contributed by atoms with E-state index < -0.39 is 24.6 Å². The Labute approximate surface area is 207 Å². The summed E-state index contributed by atoms with van der Waals surface area (Å²) in [6, 6.07) is 6.36. The molecule has 186 valence electrons. The summed E-state index contributed by atoms with van der Waals surface area (Å²) in [5.41, 5.74) is 5.76. The van der Waals surface area contributed by atoms with Crippen LogP contribution in [0.3, 0.4) is 0 Å². The first-order valence-corrected chi connectivity index (χ1v) is 10.9. The lowest BCUT2D eigenvalue weighted by Gasteiger charge is -2.32. The Morgan fingerprint density at radius 1 is 1.19 bits per heavy atom. The topological polar surface area (TPSA) is 110 Å². The van der Waals surface area contributed by atoms with Gasteiger partial charge >= 0.3 is 6.18 Å². The number of anilines is 1. The molecule has 0 radical (unpaired) electrons. The number of halogens is 3. The summed E-state index contributed by atoms with van der Waals surface area (Å²) in [6.45, 7) is -2.92. The van der Waals surface area contributed by atoms with Crippen molar-refractivity contribution in [3.8, 4) is 0 Å². The molecule has 9 nitrogen and oxygen atoms in total. The standard InChI is InChI=1S/C24H22F3N7O2/c1-32-20-17-9-14(5-8-19(17)31-21(28)18(20)11-30-32)23(36)34(33(2)22(35)13-3-4-13)12-16-7-6-15(10-29-16)24(25,26)27/h5-11,13H,3-4,12H2,1-2H3,(H2,28,31)/i1D3. The first-order chi connectivity index (χ1) is 18.3. The van der Waals surface area contributed by atoms with Gasteiger partial charge in [0, 0.05) is 41.2 Å². The molecule has 4 aromatic rings. The Hall–Kier alpha value is -4.22. The van der Waals surface area contributed by atoms with Gasteiger partial charge in [0.1, 0.15) is 5.82 Å². The van der Waals surface area contributed by atoms with Crippen molar-refractivity contribution in [1.29, 1.82) is 0 Å². The fraction of sp³-hybridized carbons (Fsp3) is 0.292. The summed E-state index contributed by atoms with van der Waals surface area (Å²) in [7, 11) is 1.41. The van der Waals surface area contributed by atoms with Crippen molar-refractivity contribution in [2.24, 2.45) is 12.9 Å². The highest BCUT2D eigenvalue weighted by Crippen LogP contribution is 2.33. The van der Waals surface area contributed by atoms with Crippen LogP contribution in [0.2, 0.25) is 0 Å². The van der Waals surface area contributed by atoms with Gasteiger partial charge in [-0.1, -0.05) is 0 Å². The molecule has 1 aliphatic rings. The van der Waals surface area contributed by atoms with E-state index in [1.54, 1.807) is 0 Å². The first-order valence-electron chi connectivity index (χ1n) is 12.4. The van der Waals surface area contributed by atoms with Crippen molar-refractivity contribution in [1.82, 2.24) is 29.8 Å². The average molecular weight is 500 g/mol. The Morgan fingerprint density at radius 2 is 1.97 bits per heavy atom. The van der Waals surface area contributed by atoms with Crippen LogP contribution in [0.5, 0.6) is 0 Å². The molecule has 1 fully saturated rings. The minimum Gasteiger partial charge on any atom is -0.383 e. The van der Waals surface area contributed by atoms with Crippen molar-refractivity contribution in [3.05, 3.63) is 59.5 Å². The molecule has 3 aromatic heterocycles. The third kappa shape index (κ3) is 4.18. The highest BCUT2D eigenvalue weighted by molar-refractivity contribution is 6.10. The number of benzene rings is 1. The Morgan fingerprint density at radius 3 is 2.61 bits per heavy atom. The number of hydrogen-bond acceptors (Lipinski definition) is 6. The molecule has 1 saturated carbocycles. The molecule has 1 aromatic carbocycles. The molecule has 1 aliphatic carbocycles. The minimum absolute atomic E-state index is 0.0665. The third-order valence-corrected chi connectivity index (χ3v) is 6.09. The monoisotopic (exact) mass is 500 g/mol. The molecule has 0 aliphatic heterocycles. The molecule has 2 N–H and O–H groups in total. The van der Waals surface area contributed by atoms with Gasteiger partial charge in [-0.05, 0) is 43.2 Å². The van der Waals surface area contributed by atoms with Crippen LogP contribution in [0.15, 0.2) is 42.7 Å². The number of fused-ring (bicyclic) bond motifs is 3. The Bertz CT molecular complexity index is 1600. The van der Waals surface area contributed by atoms with Gasteiger partial charge in [0.05, 0.1) is 40.4 Å². The predicted octanol–water partition coefficient (Wildman–Crippen LogP) is 3.54. The van der Waals surface area contributed by atoms with Gasteiger partial charge in [-0.2, -0.15) is 18.3 Å². The number of nitrogens with two attached hydrogens (primary N) is 1. The summed E-state index contributed by atoms with van der Waals surface area (Å²) in [6.07, 6.45) is -1.29. The van der Waals surface area contributed by atoms with E-state index in [9.17, 15) is 22.8 Å². The van der Waals surface area contributed by atoms with Gasteiger partial charge in [0.2, 0.25) is 5.91 Å². The summed E-state index contributed by atoms with van der Waals surface area (Å²) in [5, 5.41) is 6.77. The molecule has 3 heterocycles. The summed E-state index contributed by atoms with van der Waals surface area (Å²) >= 11 is 0. The van der Waals surface area contributed by atoms with Gasteiger partial charge < -0.3 is 5.73 Å². The van der Waals surface area contributed by atoms with E-state index in [4.69, 9.17) is 9.85 Å². The van der Waals surface area contributed by atoms with Crippen LogP contribution in [-0.2, 0) is 24.5 Å². The predicted molar refractivity (Wildman–Crippen MR) is 125 cm³/mol. The summed E-state index contributed by atoms with van der Waals surface area (Å²) in [4.78, 5) is 34.8. The third-order valence-electron chi connectivity index (χ3n) is 6.09. The zero-order valence-electron chi connectivity index (χ0n) is 22.0. The molecule has 36 heavy (non-hydrogen) atoms. The number of carbonyl (C=O) groups is 2. The second-order valence-electron chi connectivity index (χ2n) is 8.58. The van der Waals surface area contributed by atoms with Crippen molar-refractivity contribution in [3.63, 3.8) is 0 Å². The molecule has 0 spiro atoms. The molecular weight excluding hydrogens is 475 g/mol. The number of rotatable bonds is 4. The lowest BCUT2D eigenvalue weighted by atomic mass is 10.1. The number of nitrogens with zero attached hydrogens (tertiary/aromatic N) is 6. The fourth-order valence-electron chi connectivity index (χ4n) is 3.96. The van der Waals surface area contributed by atoms with Gasteiger partial charge in [0.15, 0.2) is 0 Å². The number of amides is 2. The number of hydrogen-bond donors (Lipinski definition) is 1. The second-order valence-corrected chi connectivity index (χ2v) is 8.58. The fourth-order valence-corrected chi connectivity index (χ4v) is 3.96. The lowest BCUT2D eigenvalue weighted by molar-refractivity contribution is -0.144. The first kappa shape index (κ1) is 20.0. The lowest BCUT2D eigenvalue weighted by Crippen LogP contribution is -2.47. The quantitative estimate of drug-likeness (QED) is 0.429. The van der Waals surface area contributed by atoms with Crippen LogP contribution >= 0.6 is 0 Å². The van der Waals surface area contributed by atoms with Crippen LogP contribution in [-0.4, -0.2) is 48.6 Å². The van der Waals surface area contributed by atoms with E-state index in [-0.39, 0.29) is 46.3 Å². The number of aromatic nitrogens is 4. The highest BCUT2D eigenvalue weighted by Gasteiger charge is 2.36. The molecule has 2 amide bonds. The number of aryl methyl sites for hydroxylation is 1. The van der Waals surface area contributed by atoms with Crippen molar-refractivity contribution in [2.45, 2.75) is 25.6 Å². The molecule has 0 unspecified atom stereocenters. The molecule has 0 saturated heterocycles. The van der Waals surface area contributed by atoms with E-state index in [0.29, 0.717) is 29.9 Å². The van der Waals surface area contributed by atoms with E-state index in [0.717, 1.165) is 26.8 Å². The molecule has 0 bridgehead atoms. The van der Waals surface area contributed by atoms with E-state index in [1.807, 2.05) is 0 Å². The van der Waals surface area contributed by atoms with Gasteiger partial charge in [-0.25, -0.2) is 9.99 Å². The second kappa shape index (κ2) is 8.47. The molecule has 5 rings (SSSR count). The van der Waals surface area contributed by atoms with Crippen LogP contribution in [0.4, 0.5) is 19.0 Å². The maximum absolute atomic E-state index is 13.8. The summed E-state index contributed by atoms with van der Waals surface area (Å²) in [5.74, 6) is -1.15. The SMILES string of the molecule is [2H]C([2H])([2H])n1ncc2c(N)nc3ccc(C(=O)N(Cc4ccc(C(F)(F)F)cn4)N(C)C(=O)C4CC4)cc3c21. The molecule has 0 atom stereocenters. The van der Waals surface area contributed by atoms with Crippen LogP contribution in [0, 0.1) is 5.92 Å². The number of pyridine rings is 2.